The normalized spacial score (nSPS) is 15.9. The molecule has 1 fully saturated rings. The third-order valence-corrected chi connectivity index (χ3v) is 4.20. The fourth-order valence-electron chi connectivity index (χ4n) is 1.94. The molecule has 0 atom stereocenters. The molecule has 1 aliphatic heterocycles. The number of nitrogens with zero attached hydrogens (tertiary/aromatic N) is 2. The van der Waals surface area contributed by atoms with Crippen molar-refractivity contribution in [2.75, 3.05) is 5.75 Å². The molecule has 0 aromatic heterocycles. The minimum absolute atomic E-state index is 0.0634. The summed E-state index contributed by atoms with van der Waals surface area (Å²) in [6, 6.07) is 14.1. The summed E-state index contributed by atoms with van der Waals surface area (Å²) in [6.45, 7) is 0. The number of hydrogen-bond acceptors (Lipinski definition) is 4. The highest BCUT2D eigenvalue weighted by atomic mass is 32.2. The number of thiocarbonyl (C=S) groups is 1. The number of rotatable bonds is 2. The number of fused-ring (bicyclic) bond motifs is 1. The van der Waals surface area contributed by atoms with Crippen molar-refractivity contribution < 1.29 is 4.79 Å². The van der Waals surface area contributed by atoms with Crippen molar-refractivity contribution in [1.82, 2.24) is 5.01 Å². The second-order valence-corrected chi connectivity index (χ2v) is 5.68. The van der Waals surface area contributed by atoms with E-state index < -0.39 is 0 Å². The van der Waals surface area contributed by atoms with Gasteiger partial charge in [-0.15, -0.1) is 0 Å². The fraction of sp³-hybridized carbons (Fsp3) is 0.0714. The molecule has 1 heterocycles. The summed E-state index contributed by atoms with van der Waals surface area (Å²) >= 11 is 6.43. The van der Waals surface area contributed by atoms with Crippen LogP contribution in [-0.2, 0) is 4.79 Å². The lowest BCUT2D eigenvalue weighted by molar-refractivity contribution is -0.123. The Kier molecular flexibility index (Phi) is 3.31. The number of benzene rings is 2. The summed E-state index contributed by atoms with van der Waals surface area (Å²) in [7, 11) is 0. The van der Waals surface area contributed by atoms with Gasteiger partial charge in [0, 0.05) is 5.56 Å². The Bertz CT molecular complexity index is 675. The number of carbonyl (C=O) groups excluding carboxylic acids is 1. The van der Waals surface area contributed by atoms with Crippen molar-refractivity contribution in [3.63, 3.8) is 0 Å². The first-order valence-corrected chi connectivity index (χ1v) is 7.16. The molecule has 1 aliphatic rings. The Morgan fingerprint density at radius 2 is 2.00 bits per heavy atom. The SMILES string of the molecule is O=C1CSC(=S)N1/N=C/c1cccc2ccccc12. The molecule has 3 nitrogen and oxygen atoms in total. The fourth-order valence-corrected chi connectivity index (χ4v) is 2.91. The highest BCUT2D eigenvalue weighted by molar-refractivity contribution is 8.23. The lowest BCUT2D eigenvalue weighted by atomic mass is 10.1. The van der Waals surface area contributed by atoms with Gasteiger partial charge in [0.05, 0.1) is 12.0 Å². The lowest BCUT2D eigenvalue weighted by Gasteiger charge is -2.07. The van der Waals surface area contributed by atoms with E-state index in [0.29, 0.717) is 10.1 Å². The summed E-state index contributed by atoms with van der Waals surface area (Å²) < 4.78 is 0.515. The first-order valence-electron chi connectivity index (χ1n) is 5.77. The molecule has 94 valence electrons. The van der Waals surface area contributed by atoms with Crippen molar-refractivity contribution in [3.8, 4) is 0 Å². The van der Waals surface area contributed by atoms with Crippen LogP contribution in [0.25, 0.3) is 10.8 Å². The van der Waals surface area contributed by atoms with Gasteiger partial charge in [0.15, 0.2) is 4.32 Å². The molecule has 2 aromatic rings. The van der Waals surface area contributed by atoms with Crippen LogP contribution in [-0.4, -0.2) is 27.2 Å². The largest absolute Gasteiger partial charge is 0.272 e. The minimum atomic E-state index is -0.0634. The van der Waals surface area contributed by atoms with Gasteiger partial charge in [0.1, 0.15) is 0 Å². The molecule has 3 rings (SSSR count). The van der Waals surface area contributed by atoms with Crippen LogP contribution >= 0.6 is 24.0 Å². The summed E-state index contributed by atoms with van der Waals surface area (Å²) in [5.41, 5.74) is 0.977. The van der Waals surface area contributed by atoms with E-state index in [4.69, 9.17) is 12.2 Å². The maximum atomic E-state index is 11.6. The zero-order chi connectivity index (χ0) is 13.2. The van der Waals surface area contributed by atoms with Crippen molar-refractivity contribution >= 4 is 51.2 Å². The predicted octanol–water partition coefficient (Wildman–Crippen LogP) is 3.03. The molecule has 1 saturated heterocycles. The molecule has 19 heavy (non-hydrogen) atoms. The van der Waals surface area contributed by atoms with E-state index in [9.17, 15) is 4.79 Å². The van der Waals surface area contributed by atoms with Gasteiger partial charge in [-0.2, -0.15) is 10.1 Å². The second-order valence-electron chi connectivity index (χ2n) is 4.07. The average molecular weight is 286 g/mol. The van der Waals surface area contributed by atoms with E-state index in [1.807, 2.05) is 42.5 Å². The molecule has 5 heteroatoms. The van der Waals surface area contributed by atoms with Crippen LogP contribution in [0, 0.1) is 0 Å². The number of amides is 1. The van der Waals surface area contributed by atoms with Crippen LogP contribution < -0.4 is 0 Å². The third kappa shape index (κ3) is 2.39. The molecule has 0 unspecified atom stereocenters. The topological polar surface area (TPSA) is 32.7 Å². The van der Waals surface area contributed by atoms with Gasteiger partial charge in [0.2, 0.25) is 0 Å². The zero-order valence-electron chi connectivity index (χ0n) is 9.95. The van der Waals surface area contributed by atoms with Crippen molar-refractivity contribution in [2.24, 2.45) is 5.10 Å². The van der Waals surface area contributed by atoms with E-state index >= 15 is 0 Å². The van der Waals surface area contributed by atoms with Crippen LogP contribution in [0.3, 0.4) is 0 Å². The number of hydrogen-bond donors (Lipinski definition) is 0. The van der Waals surface area contributed by atoms with Gasteiger partial charge in [-0.1, -0.05) is 66.4 Å². The first-order chi connectivity index (χ1) is 9.25. The maximum absolute atomic E-state index is 11.6. The molecule has 0 spiro atoms. The maximum Gasteiger partial charge on any atom is 0.259 e. The number of carbonyl (C=O) groups is 1. The first kappa shape index (κ1) is 12.3. The smallest absolute Gasteiger partial charge is 0.259 e. The average Bonchev–Trinajstić information content (AvgIpc) is 2.76. The van der Waals surface area contributed by atoms with Gasteiger partial charge in [0.25, 0.3) is 5.91 Å². The van der Waals surface area contributed by atoms with E-state index in [0.717, 1.165) is 16.3 Å². The minimum Gasteiger partial charge on any atom is -0.272 e. The summed E-state index contributed by atoms with van der Waals surface area (Å²) in [6.07, 6.45) is 1.69. The van der Waals surface area contributed by atoms with Crippen molar-refractivity contribution in [3.05, 3.63) is 48.0 Å². The van der Waals surface area contributed by atoms with E-state index in [-0.39, 0.29) is 5.91 Å². The van der Waals surface area contributed by atoms with E-state index in [1.54, 1.807) is 6.21 Å². The summed E-state index contributed by atoms with van der Waals surface area (Å²) in [5.74, 6) is 0.317. The third-order valence-electron chi connectivity index (χ3n) is 2.86. The van der Waals surface area contributed by atoms with E-state index in [1.165, 1.54) is 16.8 Å². The zero-order valence-corrected chi connectivity index (χ0v) is 11.6. The molecule has 0 N–H and O–H groups in total. The van der Waals surface area contributed by atoms with Crippen molar-refractivity contribution in [1.29, 1.82) is 0 Å². The molecule has 0 aliphatic carbocycles. The van der Waals surface area contributed by atoms with Gasteiger partial charge >= 0.3 is 0 Å². The van der Waals surface area contributed by atoms with Crippen LogP contribution in [0.4, 0.5) is 0 Å². The van der Waals surface area contributed by atoms with Gasteiger partial charge in [-0.05, 0) is 10.8 Å². The Morgan fingerprint density at radius 3 is 2.79 bits per heavy atom. The molecular formula is C14H10N2OS2. The van der Waals surface area contributed by atoms with Crippen LogP contribution in [0.15, 0.2) is 47.6 Å². The Hall–Kier alpha value is -1.72. The highest BCUT2D eigenvalue weighted by Crippen LogP contribution is 2.20. The quantitative estimate of drug-likeness (QED) is 0.628. The number of hydrazone groups is 1. The molecule has 0 saturated carbocycles. The predicted molar refractivity (Wildman–Crippen MR) is 83.4 cm³/mol. The van der Waals surface area contributed by atoms with Crippen LogP contribution in [0.1, 0.15) is 5.56 Å². The molecule has 0 radical (unpaired) electrons. The summed E-state index contributed by atoms with van der Waals surface area (Å²) in [5, 5.41) is 7.76. The van der Waals surface area contributed by atoms with E-state index in [2.05, 4.69) is 5.10 Å². The monoisotopic (exact) mass is 286 g/mol. The number of thioether (sulfide) groups is 1. The second kappa shape index (κ2) is 5.11. The van der Waals surface area contributed by atoms with Crippen LogP contribution in [0.2, 0.25) is 0 Å². The Labute approximate surface area is 120 Å². The van der Waals surface area contributed by atoms with Crippen molar-refractivity contribution in [2.45, 2.75) is 0 Å². The molecule has 1 amide bonds. The molecule has 0 bridgehead atoms. The van der Waals surface area contributed by atoms with Gasteiger partial charge < -0.3 is 0 Å². The highest BCUT2D eigenvalue weighted by Gasteiger charge is 2.25. The molecular weight excluding hydrogens is 276 g/mol. The Morgan fingerprint density at radius 1 is 1.21 bits per heavy atom. The van der Waals surface area contributed by atoms with Gasteiger partial charge in [-0.25, -0.2) is 0 Å². The molecule has 2 aromatic carbocycles. The van der Waals surface area contributed by atoms with Crippen LogP contribution in [0.5, 0.6) is 0 Å². The lowest BCUT2D eigenvalue weighted by Crippen LogP contribution is -2.22. The standard InChI is InChI=1S/C14H10N2OS2/c17-13-9-19-14(18)16(13)15-8-11-6-3-5-10-4-1-2-7-12(10)11/h1-8H,9H2/b15-8+. The Balaban J connectivity index is 1.97. The summed E-state index contributed by atoms with van der Waals surface area (Å²) in [4.78, 5) is 11.6. The van der Waals surface area contributed by atoms with Gasteiger partial charge in [-0.3, -0.25) is 4.79 Å².